The van der Waals surface area contributed by atoms with Crippen molar-refractivity contribution in [1.82, 2.24) is 0 Å². The normalized spacial score (nSPS) is 9.64. The van der Waals surface area contributed by atoms with Gasteiger partial charge in [0.2, 0.25) is 0 Å². The van der Waals surface area contributed by atoms with Crippen molar-refractivity contribution in [2.75, 3.05) is 18.5 Å². The van der Waals surface area contributed by atoms with Crippen molar-refractivity contribution in [3.05, 3.63) is 54.1 Å². The Kier molecular flexibility index (Phi) is 5.38. The van der Waals surface area contributed by atoms with Gasteiger partial charge in [0, 0.05) is 11.3 Å². The summed E-state index contributed by atoms with van der Waals surface area (Å²) in [4.78, 5) is 12.1. The zero-order chi connectivity index (χ0) is 15.8. The van der Waals surface area contributed by atoms with E-state index < -0.39 is 0 Å². The van der Waals surface area contributed by atoms with E-state index >= 15 is 0 Å². The molecule has 5 heteroatoms. The fourth-order valence-corrected chi connectivity index (χ4v) is 1.82. The average molecular weight is 296 g/mol. The van der Waals surface area contributed by atoms with Crippen molar-refractivity contribution in [3.8, 4) is 17.6 Å². The first kappa shape index (κ1) is 15.4. The maximum atomic E-state index is 12.1. The number of anilines is 1. The molecule has 1 amide bonds. The zero-order valence-corrected chi connectivity index (χ0v) is 12.2. The Hall–Kier alpha value is -3.00. The van der Waals surface area contributed by atoms with Gasteiger partial charge in [-0.2, -0.15) is 5.26 Å². The molecule has 112 valence electrons. The minimum Gasteiger partial charge on any atom is -0.494 e. The SMILES string of the molecule is CCOc1ccc(C(=O)Nc2ccc(OCC#N)cc2)cc1. The van der Waals surface area contributed by atoms with Crippen LogP contribution in [0.5, 0.6) is 11.5 Å². The number of carbonyl (C=O) groups is 1. The highest BCUT2D eigenvalue weighted by Crippen LogP contribution is 2.17. The van der Waals surface area contributed by atoms with Crippen LogP contribution in [0.3, 0.4) is 0 Å². The van der Waals surface area contributed by atoms with Crippen LogP contribution in [0.2, 0.25) is 0 Å². The van der Waals surface area contributed by atoms with Crippen LogP contribution < -0.4 is 14.8 Å². The maximum absolute atomic E-state index is 12.1. The quantitative estimate of drug-likeness (QED) is 0.888. The molecule has 0 unspecified atom stereocenters. The minimum atomic E-state index is -0.200. The van der Waals surface area contributed by atoms with Crippen LogP contribution in [0.25, 0.3) is 0 Å². The number of benzene rings is 2. The fourth-order valence-electron chi connectivity index (χ4n) is 1.82. The lowest BCUT2D eigenvalue weighted by Gasteiger charge is -2.08. The lowest BCUT2D eigenvalue weighted by molar-refractivity contribution is 0.102. The molecule has 0 aliphatic heterocycles. The molecule has 2 aromatic rings. The summed E-state index contributed by atoms with van der Waals surface area (Å²) in [7, 11) is 0. The molecule has 2 aromatic carbocycles. The lowest BCUT2D eigenvalue weighted by Crippen LogP contribution is -2.11. The van der Waals surface area contributed by atoms with Crippen LogP contribution in [0.1, 0.15) is 17.3 Å². The number of nitrogens with one attached hydrogen (secondary N) is 1. The lowest BCUT2D eigenvalue weighted by atomic mass is 10.2. The molecule has 2 rings (SSSR count). The predicted molar refractivity (Wildman–Crippen MR) is 83.1 cm³/mol. The van der Waals surface area contributed by atoms with Crippen molar-refractivity contribution < 1.29 is 14.3 Å². The van der Waals surface area contributed by atoms with Crippen molar-refractivity contribution in [2.45, 2.75) is 6.92 Å². The van der Waals surface area contributed by atoms with Crippen molar-refractivity contribution in [2.24, 2.45) is 0 Å². The van der Waals surface area contributed by atoms with E-state index in [0.29, 0.717) is 23.6 Å². The molecule has 5 nitrogen and oxygen atoms in total. The molecule has 0 radical (unpaired) electrons. The summed E-state index contributed by atoms with van der Waals surface area (Å²) in [5.41, 5.74) is 1.21. The van der Waals surface area contributed by atoms with Gasteiger partial charge in [0.15, 0.2) is 6.61 Å². The molecule has 0 heterocycles. The zero-order valence-electron chi connectivity index (χ0n) is 12.2. The van der Waals surface area contributed by atoms with Gasteiger partial charge in [-0.05, 0) is 55.5 Å². The minimum absolute atomic E-state index is 0.00210. The van der Waals surface area contributed by atoms with Gasteiger partial charge in [-0.25, -0.2) is 0 Å². The number of ether oxygens (including phenoxy) is 2. The summed E-state index contributed by atoms with van der Waals surface area (Å²) in [6, 6.07) is 15.7. The predicted octanol–water partition coefficient (Wildman–Crippen LogP) is 3.24. The summed E-state index contributed by atoms with van der Waals surface area (Å²) < 4.78 is 10.5. The second-order valence-corrected chi connectivity index (χ2v) is 4.38. The Balaban J connectivity index is 1.97. The molecule has 0 aliphatic rings. The molecule has 0 aliphatic carbocycles. The largest absolute Gasteiger partial charge is 0.494 e. The Morgan fingerprint density at radius 3 is 2.23 bits per heavy atom. The molecule has 22 heavy (non-hydrogen) atoms. The summed E-state index contributed by atoms with van der Waals surface area (Å²) in [6.07, 6.45) is 0. The number of hydrogen-bond donors (Lipinski definition) is 1. The van der Waals surface area contributed by atoms with Crippen LogP contribution in [0.15, 0.2) is 48.5 Å². The molecule has 0 saturated carbocycles. The standard InChI is InChI=1S/C17H16N2O3/c1-2-21-15-7-3-13(4-8-15)17(20)19-14-5-9-16(10-6-14)22-12-11-18/h3-10H,2,12H2,1H3,(H,19,20). The fraction of sp³-hybridized carbons (Fsp3) is 0.176. The average Bonchev–Trinajstić information content (AvgIpc) is 2.55. The first-order valence-electron chi connectivity index (χ1n) is 6.87. The van der Waals surface area contributed by atoms with Gasteiger partial charge in [0.1, 0.15) is 17.6 Å². The van der Waals surface area contributed by atoms with E-state index in [1.165, 1.54) is 0 Å². The number of amides is 1. The monoisotopic (exact) mass is 296 g/mol. The maximum Gasteiger partial charge on any atom is 0.255 e. The van der Waals surface area contributed by atoms with Crippen molar-refractivity contribution >= 4 is 11.6 Å². The molecular formula is C17H16N2O3. The second kappa shape index (κ2) is 7.70. The van der Waals surface area contributed by atoms with Crippen LogP contribution in [-0.4, -0.2) is 19.1 Å². The Labute approximate surface area is 129 Å². The highest BCUT2D eigenvalue weighted by molar-refractivity contribution is 6.04. The third-order valence-corrected chi connectivity index (χ3v) is 2.84. The van der Waals surface area contributed by atoms with Crippen LogP contribution in [0.4, 0.5) is 5.69 Å². The smallest absolute Gasteiger partial charge is 0.255 e. The van der Waals surface area contributed by atoms with Gasteiger partial charge in [0.25, 0.3) is 5.91 Å². The van der Waals surface area contributed by atoms with Gasteiger partial charge in [0.05, 0.1) is 6.61 Å². The summed E-state index contributed by atoms with van der Waals surface area (Å²) in [5, 5.41) is 11.2. The van der Waals surface area contributed by atoms with Gasteiger partial charge < -0.3 is 14.8 Å². The molecule has 1 N–H and O–H groups in total. The van der Waals surface area contributed by atoms with Gasteiger partial charge >= 0.3 is 0 Å². The highest BCUT2D eigenvalue weighted by atomic mass is 16.5. The first-order valence-corrected chi connectivity index (χ1v) is 6.87. The molecule has 0 bridgehead atoms. The number of rotatable bonds is 6. The van der Waals surface area contributed by atoms with Crippen molar-refractivity contribution in [1.29, 1.82) is 5.26 Å². The molecule has 0 saturated heterocycles. The first-order chi connectivity index (χ1) is 10.7. The Bertz CT molecular complexity index is 658. The molecule has 0 atom stereocenters. The molecular weight excluding hydrogens is 280 g/mol. The van der Waals surface area contributed by atoms with Crippen LogP contribution in [0, 0.1) is 11.3 Å². The van der Waals surface area contributed by atoms with Crippen LogP contribution >= 0.6 is 0 Å². The molecule has 0 fully saturated rings. The summed E-state index contributed by atoms with van der Waals surface area (Å²) in [6.45, 7) is 2.49. The highest BCUT2D eigenvalue weighted by Gasteiger charge is 2.06. The van der Waals surface area contributed by atoms with E-state index in [1.54, 1.807) is 48.5 Å². The third kappa shape index (κ3) is 4.25. The topological polar surface area (TPSA) is 71.3 Å². The van der Waals surface area contributed by atoms with E-state index in [9.17, 15) is 4.79 Å². The van der Waals surface area contributed by atoms with Gasteiger partial charge in [-0.15, -0.1) is 0 Å². The Morgan fingerprint density at radius 1 is 1.05 bits per heavy atom. The van der Waals surface area contributed by atoms with E-state index in [-0.39, 0.29) is 12.5 Å². The van der Waals surface area contributed by atoms with Crippen LogP contribution in [-0.2, 0) is 0 Å². The van der Waals surface area contributed by atoms with E-state index in [0.717, 1.165) is 5.75 Å². The molecule has 0 spiro atoms. The van der Waals surface area contributed by atoms with E-state index in [2.05, 4.69) is 5.32 Å². The van der Waals surface area contributed by atoms with Gasteiger partial charge in [-0.3, -0.25) is 4.79 Å². The second-order valence-electron chi connectivity index (χ2n) is 4.38. The van der Waals surface area contributed by atoms with Crippen molar-refractivity contribution in [3.63, 3.8) is 0 Å². The van der Waals surface area contributed by atoms with Gasteiger partial charge in [-0.1, -0.05) is 0 Å². The number of nitriles is 1. The number of carbonyl (C=O) groups excluding carboxylic acids is 1. The van der Waals surface area contributed by atoms with E-state index in [4.69, 9.17) is 14.7 Å². The number of nitrogens with zero attached hydrogens (tertiary/aromatic N) is 1. The Morgan fingerprint density at radius 2 is 1.64 bits per heavy atom. The van der Waals surface area contributed by atoms with E-state index in [1.807, 2.05) is 13.0 Å². The number of hydrogen-bond acceptors (Lipinski definition) is 4. The summed E-state index contributed by atoms with van der Waals surface area (Å²) >= 11 is 0. The summed E-state index contributed by atoms with van der Waals surface area (Å²) in [5.74, 6) is 1.12. The molecule has 0 aromatic heterocycles. The third-order valence-electron chi connectivity index (χ3n) is 2.84.